The van der Waals surface area contributed by atoms with Crippen LogP contribution < -0.4 is 21.3 Å². The van der Waals surface area contributed by atoms with Gasteiger partial charge in [0.25, 0.3) is 0 Å². The van der Waals surface area contributed by atoms with Crippen LogP contribution in [-0.4, -0.2) is 6.61 Å². The lowest BCUT2D eigenvalue weighted by molar-refractivity contribution is 0.339. The van der Waals surface area contributed by atoms with Crippen LogP contribution in [0.3, 0.4) is 0 Å². The third-order valence-corrected chi connectivity index (χ3v) is 3.79. The smallest absolute Gasteiger partial charge is 0.119 e. The van der Waals surface area contributed by atoms with E-state index in [9.17, 15) is 0 Å². The first kappa shape index (κ1) is 13.9. The summed E-state index contributed by atoms with van der Waals surface area (Å²) in [6.45, 7) is 2.68. The minimum absolute atomic E-state index is 0.272. The number of hydrazine groups is 1. The van der Waals surface area contributed by atoms with Crippen molar-refractivity contribution < 1.29 is 4.74 Å². The summed E-state index contributed by atoms with van der Waals surface area (Å²) in [4.78, 5) is 0. The average Bonchev–Trinajstić information content (AvgIpc) is 2.98. The third kappa shape index (κ3) is 3.17. The molecule has 2 aromatic carbocycles. The van der Waals surface area contributed by atoms with E-state index < -0.39 is 0 Å². The maximum absolute atomic E-state index is 5.86. The van der Waals surface area contributed by atoms with E-state index in [0.29, 0.717) is 6.61 Å². The number of nitrogens with one attached hydrogen (secondary N) is 2. The van der Waals surface area contributed by atoms with Gasteiger partial charge in [-0.05, 0) is 48.7 Å². The molecule has 1 saturated heterocycles. The number of anilines is 1. The molecule has 1 fully saturated rings. The van der Waals surface area contributed by atoms with Gasteiger partial charge in [0.15, 0.2) is 0 Å². The fourth-order valence-corrected chi connectivity index (χ4v) is 2.76. The Morgan fingerprint density at radius 3 is 2.38 bits per heavy atom. The second-order valence-corrected chi connectivity index (χ2v) is 5.31. The van der Waals surface area contributed by atoms with E-state index in [1.54, 1.807) is 0 Å². The zero-order valence-corrected chi connectivity index (χ0v) is 12.2. The molecule has 1 aliphatic rings. The molecule has 110 valence electrons. The quantitative estimate of drug-likeness (QED) is 0.755. The highest BCUT2D eigenvalue weighted by atomic mass is 16.5. The number of benzene rings is 2. The van der Waals surface area contributed by atoms with Crippen molar-refractivity contribution in [2.24, 2.45) is 0 Å². The van der Waals surface area contributed by atoms with Crippen molar-refractivity contribution in [1.82, 2.24) is 10.9 Å². The topological polar surface area (TPSA) is 59.3 Å². The van der Waals surface area contributed by atoms with Gasteiger partial charge in [-0.25, -0.2) is 10.9 Å². The van der Waals surface area contributed by atoms with E-state index in [1.807, 2.05) is 37.3 Å². The van der Waals surface area contributed by atoms with Crippen molar-refractivity contribution in [2.75, 3.05) is 12.3 Å². The molecule has 2 unspecified atom stereocenters. The van der Waals surface area contributed by atoms with E-state index in [-0.39, 0.29) is 12.1 Å². The summed E-state index contributed by atoms with van der Waals surface area (Å²) in [5.74, 6) is 0.921. The number of nitrogens with two attached hydrogens (primary N) is 1. The molecular formula is C17H21N3O. The Bertz CT molecular complexity index is 614. The maximum atomic E-state index is 5.86. The molecule has 0 spiro atoms. The molecule has 4 heteroatoms. The summed E-state index contributed by atoms with van der Waals surface area (Å²) in [5.41, 5.74) is 15.8. The van der Waals surface area contributed by atoms with Crippen LogP contribution in [0.5, 0.6) is 5.75 Å². The van der Waals surface area contributed by atoms with Crippen molar-refractivity contribution in [2.45, 2.75) is 25.4 Å². The number of nitrogen functional groups attached to an aromatic ring is 1. The predicted molar refractivity (Wildman–Crippen MR) is 84.8 cm³/mol. The van der Waals surface area contributed by atoms with Gasteiger partial charge in [0.2, 0.25) is 0 Å². The van der Waals surface area contributed by atoms with Gasteiger partial charge in [-0.2, -0.15) is 0 Å². The van der Waals surface area contributed by atoms with E-state index in [4.69, 9.17) is 10.5 Å². The van der Waals surface area contributed by atoms with Gasteiger partial charge < -0.3 is 10.5 Å². The summed E-state index contributed by atoms with van der Waals surface area (Å²) >= 11 is 0. The molecule has 4 N–H and O–H groups in total. The van der Waals surface area contributed by atoms with Gasteiger partial charge in [-0.3, -0.25) is 0 Å². The molecule has 3 rings (SSSR count). The highest BCUT2D eigenvalue weighted by molar-refractivity contribution is 5.42. The first-order valence-electron chi connectivity index (χ1n) is 7.35. The summed E-state index contributed by atoms with van der Waals surface area (Å²) in [7, 11) is 0. The van der Waals surface area contributed by atoms with Crippen LogP contribution in [0.1, 0.15) is 36.6 Å². The van der Waals surface area contributed by atoms with Gasteiger partial charge in [-0.1, -0.05) is 24.3 Å². The van der Waals surface area contributed by atoms with Crippen LogP contribution in [0.2, 0.25) is 0 Å². The minimum Gasteiger partial charge on any atom is -0.494 e. The average molecular weight is 283 g/mol. The molecule has 0 radical (unpaired) electrons. The molecular weight excluding hydrogens is 262 g/mol. The molecule has 0 aliphatic carbocycles. The minimum atomic E-state index is 0.272. The molecule has 2 atom stereocenters. The zero-order chi connectivity index (χ0) is 14.7. The predicted octanol–water partition coefficient (Wildman–Crippen LogP) is 2.95. The van der Waals surface area contributed by atoms with Crippen LogP contribution in [-0.2, 0) is 0 Å². The Hall–Kier alpha value is -2.04. The molecule has 1 heterocycles. The highest BCUT2D eigenvalue weighted by Gasteiger charge is 2.26. The Morgan fingerprint density at radius 1 is 1.05 bits per heavy atom. The fraction of sp³-hybridized carbons (Fsp3) is 0.294. The number of hydrogen-bond acceptors (Lipinski definition) is 4. The number of rotatable bonds is 4. The van der Waals surface area contributed by atoms with Crippen molar-refractivity contribution in [3.8, 4) is 5.75 Å². The SMILES string of the molecule is CCOc1cccc(C2CC(c3cccc(N)c3)NN2)c1. The molecule has 1 aliphatic heterocycles. The summed E-state index contributed by atoms with van der Waals surface area (Å²) in [6, 6.07) is 16.8. The van der Waals surface area contributed by atoms with Gasteiger partial charge in [0.1, 0.15) is 5.75 Å². The molecule has 21 heavy (non-hydrogen) atoms. The lowest BCUT2D eigenvalue weighted by Crippen LogP contribution is -2.26. The van der Waals surface area contributed by atoms with Crippen LogP contribution in [0.25, 0.3) is 0 Å². The molecule has 0 aromatic heterocycles. The summed E-state index contributed by atoms with van der Waals surface area (Å²) in [5, 5.41) is 0. The maximum Gasteiger partial charge on any atom is 0.119 e. The van der Waals surface area contributed by atoms with Crippen LogP contribution in [0, 0.1) is 0 Å². The fourth-order valence-electron chi connectivity index (χ4n) is 2.76. The van der Waals surface area contributed by atoms with Crippen molar-refractivity contribution in [1.29, 1.82) is 0 Å². The Labute approximate surface area is 125 Å². The Kier molecular flexibility index (Phi) is 4.08. The lowest BCUT2D eigenvalue weighted by atomic mass is 9.97. The third-order valence-electron chi connectivity index (χ3n) is 3.79. The molecule has 2 aromatic rings. The van der Waals surface area contributed by atoms with Gasteiger partial charge in [0.05, 0.1) is 6.61 Å². The van der Waals surface area contributed by atoms with Crippen molar-refractivity contribution in [3.05, 3.63) is 59.7 Å². The monoisotopic (exact) mass is 283 g/mol. The van der Waals surface area contributed by atoms with E-state index in [2.05, 4.69) is 29.1 Å². The van der Waals surface area contributed by atoms with Crippen LogP contribution in [0.15, 0.2) is 48.5 Å². The molecule has 0 saturated carbocycles. The van der Waals surface area contributed by atoms with Crippen molar-refractivity contribution >= 4 is 5.69 Å². The lowest BCUT2D eigenvalue weighted by Gasteiger charge is -2.12. The van der Waals surface area contributed by atoms with Gasteiger partial charge in [-0.15, -0.1) is 0 Å². The zero-order valence-electron chi connectivity index (χ0n) is 12.2. The first-order valence-corrected chi connectivity index (χ1v) is 7.35. The largest absolute Gasteiger partial charge is 0.494 e. The molecule has 0 amide bonds. The van der Waals surface area contributed by atoms with Gasteiger partial charge in [0, 0.05) is 17.8 Å². The summed E-state index contributed by atoms with van der Waals surface area (Å²) < 4.78 is 5.57. The number of hydrogen-bond donors (Lipinski definition) is 3. The normalized spacial score (nSPS) is 21.4. The Balaban J connectivity index is 1.73. The van der Waals surface area contributed by atoms with Gasteiger partial charge >= 0.3 is 0 Å². The standard InChI is InChI=1S/C17H21N3O/c1-2-21-15-8-4-6-13(10-15)17-11-16(19-20-17)12-5-3-7-14(18)9-12/h3-10,16-17,19-20H,2,11,18H2,1H3. The first-order chi connectivity index (χ1) is 10.3. The second-order valence-electron chi connectivity index (χ2n) is 5.31. The highest BCUT2D eigenvalue weighted by Crippen LogP contribution is 2.32. The van der Waals surface area contributed by atoms with E-state index >= 15 is 0 Å². The summed E-state index contributed by atoms with van der Waals surface area (Å²) in [6.07, 6.45) is 0.985. The van der Waals surface area contributed by atoms with E-state index in [0.717, 1.165) is 17.9 Å². The Morgan fingerprint density at radius 2 is 1.71 bits per heavy atom. The van der Waals surface area contributed by atoms with Crippen LogP contribution >= 0.6 is 0 Å². The molecule has 4 nitrogen and oxygen atoms in total. The second kappa shape index (κ2) is 6.16. The van der Waals surface area contributed by atoms with E-state index in [1.165, 1.54) is 11.1 Å². The molecule has 0 bridgehead atoms. The van der Waals surface area contributed by atoms with Crippen LogP contribution in [0.4, 0.5) is 5.69 Å². The van der Waals surface area contributed by atoms with Crippen molar-refractivity contribution in [3.63, 3.8) is 0 Å². The number of ether oxygens (including phenoxy) is 1.